The lowest BCUT2D eigenvalue weighted by Gasteiger charge is -2.33. The standard InChI is InChI=1S/C15H18N2O2S/c1-20-13-6-4-11(5-7-13)14(9-16)17-8-2-3-12(10-17)15(18)19/h4-7,12,14H,2-3,8,10H2,1H3,(H,18,19). The summed E-state index contributed by atoms with van der Waals surface area (Å²) in [6.07, 6.45) is 3.55. The lowest BCUT2D eigenvalue weighted by molar-refractivity contribution is -0.143. The van der Waals surface area contributed by atoms with Gasteiger partial charge in [-0.3, -0.25) is 9.69 Å². The van der Waals surface area contributed by atoms with E-state index in [4.69, 9.17) is 5.11 Å². The molecule has 0 aromatic heterocycles. The maximum Gasteiger partial charge on any atom is 0.307 e. The Balaban J connectivity index is 2.14. The minimum absolute atomic E-state index is 0.354. The molecule has 5 heteroatoms. The Morgan fingerprint density at radius 3 is 2.75 bits per heavy atom. The van der Waals surface area contributed by atoms with E-state index in [1.807, 2.05) is 35.4 Å². The highest BCUT2D eigenvalue weighted by molar-refractivity contribution is 7.98. The first kappa shape index (κ1) is 14.9. The molecule has 1 saturated heterocycles. The second-order valence-corrected chi connectivity index (χ2v) is 5.86. The fraction of sp³-hybridized carbons (Fsp3) is 0.467. The highest BCUT2D eigenvalue weighted by Crippen LogP contribution is 2.28. The number of rotatable bonds is 4. The van der Waals surface area contributed by atoms with Crippen LogP contribution in [0.1, 0.15) is 24.4 Å². The monoisotopic (exact) mass is 290 g/mol. The molecule has 2 atom stereocenters. The molecule has 0 aliphatic carbocycles. The lowest BCUT2D eigenvalue weighted by Crippen LogP contribution is -2.40. The molecule has 0 radical (unpaired) electrons. The summed E-state index contributed by atoms with van der Waals surface area (Å²) in [4.78, 5) is 14.3. The molecule has 0 bridgehead atoms. The summed E-state index contributed by atoms with van der Waals surface area (Å²) in [5.41, 5.74) is 0.941. The van der Waals surface area contributed by atoms with Gasteiger partial charge in [-0.1, -0.05) is 12.1 Å². The molecule has 20 heavy (non-hydrogen) atoms. The predicted octanol–water partition coefficient (Wildman–Crippen LogP) is 2.77. The molecule has 1 N–H and O–H groups in total. The normalized spacial score (nSPS) is 21.1. The van der Waals surface area contributed by atoms with Gasteiger partial charge in [0, 0.05) is 11.4 Å². The van der Waals surface area contributed by atoms with Crippen molar-refractivity contribution in [1.82, 2.24) is 4.90 Å². The maximum absolute atomic E-state index is 11.1. The summed E-state index contributed by atoms with van der Waals surface area (Å²) in [6.45, 7) is 1.24. The van der Waals surface area contributed by atoms with Crippen LogP contribution in [0, 0.1) is 17.2 Å². The number of nitriles is 1. The number of carbonyl (C=O) groups is 1. The van der Waals surface area contributed by atoms with Crippen molar-refractivity contribution in [2.75, 3.05) is 19.3 Å². The molecule has 0 spiro atoms. The molecular formula is C15H18N2O2S. The second-order valence-electron chi connectivity index (χ2n) is 4.98. The average Bonchev–Trinajstić information content (AvgIpc) is 2.49. The van der Waals surface area contributed by atoms with Crippen molar-refractivity contribution in [2.45, 2.75) is 23.8 Å². The fourth-order valence-electron chi connectivity index (χ4n) is 2.60. The van der Waals surface area contributed by atoms with Gasteiger partial charge in [-0.2, -0.15) is 5.26 Å². The first-order chi connectivity index (χ1) is 9.65. The van der Waals surface area contributed by atoms with E-state index < -0.39 is 5.97 Å². The van der Waals surface area contributed by atoms with E-state index >= 15 is 0 Å². The van der Waals surface area contributed by atoms with Gasteiger partial charge in [0.1, 0.15) is 6.04 Å². The van der Waals surface area contributed by atoms with Crippen LogP contribution < -0.4 is 0 Å². The SMILES string of the molecule is CSc1ccc(C(C#N)N2CCCC(C(=O)O)C2)cc1. The lowest BCUT2D eigenvalue weighted by atomic mass is 9.95. The van der Waals surface area contributed by atoms with Crippen LogP contribution in [0.2, 0.25) is 0 Å². The molecule has 1 heterocycles. The molecule has 1 fully saturated rings. The third-order valence-electron chi connectivity index (χ3n) is 3.72. The Morgan fingerprint density at radius 2 is 2.20 bits per heavy atom. The van der Waals surface area contributed by atoms with E-state index in [2.05, 4.69) is 6.07 Å². The van der Waals surface area contributed by atoms with Gasteiger partial charge < -0.3 is 5.11 Å². The number of thioether (sulfide) groups is 1. The second kappa shape index (κ2) is 6.78. The van der Waals surface area contributed by atoms with E-state index in [0.717, 1.165) is 23.4 Å². The van der Waals surface area contributed by atoms with Gasteiger partial charge in [0.2, 0.25) is 0 Å². The van der Waals surface area contributed by atoms with Crippen LogP contribution in [0.4, 0.5) is 0 Å². The maximum atomic E-state index is 11.1. The Kier molecular flexibility index (Phi) is 5.05. The number of aliphatic carboxylic acids is 1. The fourth-order valence-corrected chi connectivity index (χ4v) is 3.00. The zero-order valence-electron chi connectivity index (χ0n) is 11.5. The van der Waals surface area contributed by atoms with Gasteiger partial charge in [0.15, 0.2) is 0 Å². The summed E-state index contributed by atoms with van der Waals surface area (Å²) in [7, 11) is 0. The van der Waals surface area contributed by atoms with Crippen molar-refractivity contribution >= 4 is 17.7 Å². The van der Waals surface area contributed by atoms with Crippen LogP contribution in [0.5, 0.6) is 0 Å². The van der Waals surface area contributed by atoms with Crippen molar-refractivity contribution < 1.29 is 9.90 Å². The quantitative estimate of drug-likeness (QED) is 0.864. The van der Waals surface area contributed by atoms with Crippen LogP contribution in [0.15, 0.2) is 29.2 Å². The zero-order chi connectivity index (χ0) is 14.5. The molecule has 1 aromatic rings. The molecule has 1 aromatic carbocycles. The van der Waals surface area contributed by atoms with Gasteiger partial charge in [-0.05, 0) is 43.3 Å². The highest BCUT2D eigenvalue weighted by atomic mass is 32.2. The van der Waals surface area contributed by atoms with E-state index in [1.54, 1.807) is 11.8 Å². The Morgan fingerprint density at radius 1 is 1.50 bits per heavy atom. The van der Waals surface area contributed by atoms with E-state index in [9.17, 15) is 10.1 Å². The summed E-state index contributed by atoms with van der Waals surface area (Å²) < 4.78 is 0. The zero-order valence-corrected chi connectivity index (χ0v) is 12.3. The Labute approximate surface area is 123 Å². The molecule has 1 aliphatic heterocycles. The molecule has 0 saturated carbocycles. The third-order valence-corrected chi connectivity index (χ3v) is 4.46. The van der Waals surface area contributed by atoms with Crippen LogP contribution in [-0.2, 0) is 4.79 Å². The van der Waals surface area contributed by atoms with Gasteiger partial charge >= 0.3 is 5.97 Å². The molecule has 2 unspecified atom stereocenters. The summed E-state index contributed by atoms with van der Waals surface area (Å²) in [5, 5.41) is 18.6. The molecular weight excluding hydrogens is 272 g/mol. The largest absolute Gasteiger partial charge is 0.481 e. The molecule has 0 amide bonds. The van der Waals surface area contributed by atoms with Gasteiger partial charge in [-0.25, -0.2) is 0 Å². The average molecular weight is 290 g/mol. The number of nitrogens with zero attached hydrogens (tertiary/aromatic N) is 2. The summed E-state index contributed by atoms with van der Waals surface area (Å²) in [6, 6.07) is 9.89. The minimum atomic E-state index is -0.760. The number of likely N-dealkylation sites (tertiary alicyclic amines) is 1. The van der Waals surface area contributed by atoms with Gasteiger partial charge in [0.05, 0.1) is 12.0 Å². The first-order valence-corrected chi connectivity index (χ1v) is 7.88. The predicted molar refractivity (Wildman–Crippen MR) is 78.5 cm³/mol. The number of hydrogen-bond donors (Lipinski definition) is 1. The van der Waals surface area contributed by atoms with Crippen LogP contribution in [0.25, 0.3) is 0 Å². The molecule has 4 nitrogen and oxygen atoms in total. The number of benzene rings is 1. The molecule has 2 rings (SSSR count). The van der Waals surface area contributed by atoms with Crippen molar-refractivity contribution in [3.05, 3.63) is 29.8 Å². The summed E-state index contributed by atoms with van der Waals surface area (Å²) >= 11 is 1.66. The van der Waals surface area contributed by atoms with Gasteiger partial charge in [0.25, 0.3) is 0 Å². The van der Waals surface area contributed by atoms with Crippen molar-refractivity contribution in [2.24, 2.45) is 5.92 Å². The molecule has 1 aliphatic rings. The van der Waals surface area contributed by atoms with Crippen LogP contribution >= 0.6 is 11.8 Å². The number of piperidine rings is 1. The third kappa shape index (κ3) is 3.33. The number of carboxylic acids is 1. The van der Waals surface area contributed by atoms with Crippen molar-refractivity contribution in [3.63, 3.8) is 0 Å². The molecule has 106 valence electrons. The van der Waals surface area contributed by atoms with Crippen molar-refractivity contribution in [1.29, 1.82) is 5.26 Å². The van der Waals surface area contributed by atoms with Gasteiger partial charge in [-0.15, -0.1) is 11.8 Å². The van der Waals surface area contributed by atoms with E-state index in [-0.39, 0.29) is 12.0 Å². The Hall–Kier alpha value is -1.51. The first-order valence-electron chi connectivity index (χ1n) is 6.66. The minimum Gasteiger partial charge on any atom is -0.481 e. The van der Waals surface area contributed by atoms with E-state index in [1.165, 1.54) is 0 Å². The highest BCUT2D eigenvalue weighted by Gasteiger charge is 2.30. The van der Waals surface area contributed by atoms with E-state index in [0.29, 0.717) is 13.0 Å². The summed E-state index contributed by atoms with van der Waals surface area (Å²) in [5.74, 6) is -1.12. The Bertz CT molecular complexity index is 510. The smallest absolute Gasteiger partial charge is 0.307 e. The van der Waals surface area contributed by atoms with Crippen molar-refractivity contribution in [3.8, 4) is 6.07 Å². The number of hydrogen-bond acceptors (Lipinski definition) is 4. The van der Waals surface area contributed by atoms with Crippen LogP contribution in [-0.4, -0.2) is 35.3 Å². The topological polar surface area (TPSA) is 64.3 Å². The van der Waals surface area contributed by atoms with Crippen LogP contribution in [0.3, 0.4) is 0 Å². The number of carboxylic acid groups (broad SMARTS) is 1.